The molecule has 1 heterocycles. The summed E-state index contributed by atoms with van der Waals surface area (Å²) in [5.41, 5.74) is 2.46. The van der Waals surface area contributed by atoms with Crippen LogP contribution in [0, 0.1) is 6.92 Å². The number of ether oxygens (including phenoxy) is 2. The van der Waals surface area contributed by atoms with Crippen molar-refractivity contribution < 1.29 is 23.9 Å². The lowest BCUT2D eigenvalue weighted by Gasteiger charge is -2.18. The quantitative estimate of drug-likeness (QED) is 0.403. The van der Waals surface area contributed by atoms with Gasteiger partial charge in [-0.2, -0.15) is 0 Å². The van der Waals surface area contributed by atoms with Crippen LogP contribution >= 0.6 is 23.2 Å². The molecule has 10 heteroatoms. The second kappa shape index (κ2) is 10.3. The average molecular weight is 526 g/mol. The molecule has 0 radical (unpaired) electrons. The number of nitrogens with zero attached hydrogens (tertiary/aromatic N) is 1. The summed E-state index contributed by atoms with van der Waals surface area (Å²) in [4.78, 5) is 39.5. The standard InChI is InChI=1S/C26H21Cl2N3O5/c1-14-4-7-17(12-19(14)27)30-24(32)15-5-8-16(9-6-15)29-23-22(28)25(33)31(26(23)34)20-11-10-18(35-2)13-21(20)36-3/h4-13,29H,1-3H3,(H,30,32). The van der Waals surface area contributed by atoms with Crippen molar-refractivity contribution in [2.45, 2.75) is 6.92 Å². The molecule has 0 saturated carbocycles. The predicted octanol–water partition coefficient (Wildman–Crippen LogP) is 5.35. The number of halogens is 2. The predicted molar refractivity (Wildman–Crippen MR) is 139 cm³/mol. The maximum Gasteiger partial charge on any atom is 0.283 e. The van der Waals surface area contributed by atoms with E-state index in [0.717, 1.165) is 10.5 Å². The molecular formula is C26H21Cl2N3O5. The molecule has 0 atom stereocenters. The smallest absolute Gasteiger partial charge is 0.283 e. The van der Waals surface area contributed by atoms with Gasteiger partial charge in [0.25, 0.3) is 17.7 Å². The van der Waals surface area contributed by atoms with Gasteiger partial charge < -0.3 is 20.1 Å². The van der Waals surface area contributed by atoms with Crippen LogP contribution in [0.3, 0.4) is 0 Å². The van der Waals surface area contributed by atoms with Crippen LogP contribution in [0.1, 0.15) is 15.9 Å². The highest BCUT2D eigenvalue weighted by Gasteiger charge is 2.40. The molecule has 0 spiro atoms. The molecule has 0 bridgehead atoms. The number of carbonyl (C=O) groups is 3. The van der Waals surface area contributed by atoms with E-state index in [0.29, 0.717) is 27.7 Å². The Morgan fingerprint density at radius 2 is 1.56 bits per heavy atom. The van der Waals surface area contributed by atoms with Crippen LogP contribution in [0.5, 0.6) is 11.5 Å². The molecule has 184 valence electrons. The van der Waals surface area contributed by atoms with Gasteiger partial charge in [-0.15, -0.1) is 0 Å². The monoisotopic (exact) mass is 525 g/mol. The molecule has 3 aromatic rings. The highest BCUT2D eigenvalue weighted by atomic mass is 35.5. The Kier molecular flexibility index (Phi) is 7.19. The Bertz CT molecular complexity index is 1400. The van der Waals surface area contributed by atoms with Gasteiger partial charge in [-0.1, -0.05) is 29.3 Å². The van der Waals surface area contributed by atoms with Gasteiger partial charge in [0, 0.05) is 28.0 Å². The highest BCUT2D eigenvalue weighted by molar-refractivity contribution is 6.53. The Morgan fingerprint density at radius 3 is 2.19 bits per heavy atom. The van der Waals surface area contributed by atoms with Crippen molar-refractivity contribution in [3.05, 3.63) is 87.5 Å². The molecule has 0 aromatic heterocycles. The molecule has 1 aliphatic rings. The number of methoxy groups -OCH3 is 2. The first-order valence-corrected chi connectivity index (χ1v) is 11.4. The fraction of sp³-hybridized carbons (Fsp3) is 0.115. The minimum Gasteiger partial charge on any atom is -0.497 e. The van der Waals surface area contributed by atoms with E-state index in [-0.39, 0.29) is 28.1 Å². The number of aryl methyl sites for hydroxylation is 1. The lowest BCUT2D eigenvalue weighted by Crippen LogP contribution is -2.32. The first kappa shape index (κ1) is 25.1. The Hall–Kier alpha value is -4.01. The van der Waals surface area contributed by atoms with Crippen LogP contribution in [-0.4, -0.2) is 31.9 Å². The third-order valence-corrected chi connectivity index (χ3v) is 6.26. The number of hydrogen-bond donors (Lipinski definition) is 2. The molecule has 8 nitrogen and oxygen atoms in total. The van der Waals surface area contributed by atoms with Crippen LogP contribution in [0.15, 0.2) is 71.4 Å². The molecule has 0 aliphatic carbocycles. The van der Waals surface area contributed by atoms with Crippen molar-refractivity contribution in [2.75, 3.05) is 29.8 Å². The van der Waals surface area contributed by atoms with Crippen molar-refractivity contribution >= 4 is 58.0 Å². The Balaban J connectivity index is 1.50. The number of hydrogen-bond acceptors (Lipinski definition) is 6. The molecular weight excluding hydrogens is 505 g/mol. The zero-order valence-corrected chi connectivity index (χ0v) is 21.0. The molecule has 0 saturated heterocycles. The van der Waals surface area contributed by atoms with E-state index < -0.39 is 11.8 Å². The summed E-state index contributed by atoms with van der Waals surface area (Å²) in [6.45, 7) is 1.87. The molecule has 0 unspecified atom stereocenters. The van der Waals surface area contributed by atoms with Gasteiger partial charge in [0.05, 0.1) is 19.9 Å². The lowest BCUT2D eigenvalue weighted by atomic mass is 10.1. The number of nitrogens with one attached hydrogen (secondary N) is 2. The maximum atomic E-state index is 13.1. The van der Waals surface area contributed by atoms with Crippen molar-refractivity contribution in [3.63, 3.8) is 0 Å². The van der Waals surface area contributed by atoms with Crippen LogP contribution in [0.4, 0.5) is 17.1 Å². The first-order chi connectivity index (χ1) is 17.2. The van der Waals surface area contributed by atoms with Crippen LogP contribution in [-0.2, 0) is 9.59 Å². The third kappa shape index (κ3) is 4.86. The maximum absolute atomic E-state index is 13.1. The first-order valence-electron chi connectivity index (χ1n) is 10.7. The van der Waals surface area contributed by atoms with Gasteiger partial charge in [-0.3, -0.25) is 14.4 Å². The van der Waals surface area contributed by atoms with E-state index in [1.165, 1.54) is 20.3 Å². The SMILES string of the molecule is COc1ccc(N2C(=O)C(Cl)=C(Nc3ccc(C(=O)Nc4ccc(C)c(Cl)c4)cc3)C2=O)c(OC)c1. The summed E-state index contributed by atoms with van der Waals surface area (Å²) < 4.78 is 10.5. The van der Waals surface area contributed by atoms with E-state index in [9.17, 15) is 14.4 Å². The van der Waals surface area contributed by atoms with Gasteiger partial charge in [0.1, 0.15) is 22.2 Å². The largest absolute Gasteiger partial charge is 0.497 e. The molecule has 1 aliphatic heterocycles. The number of carbonyl (C=O) groups excluding carboxylic acids is 3. The number of anilines is 3. The summed E-state index contributed by atoms with van der Waals surface area (Å²) in [5, 5.41) is 5.95. The van der Waals surface area contributed by atoms with Gasteiger partial charge >= 0.3 is 0 Å². The minimum atomic E-state index is -0.694. The van der Waals surface area contributed by atoms with Crippen LogP contribution < -0.4 is 25.0 Å². The highest BCUT2D eigenvalue weighted by Crippen LogP contribution is 2.37. The average Bonchev–Trinajstić information content (AvgIpc) is 3.09. The second-order valence-corrected chi connectivity index (χ2v) is 8.58. The molecule has 4 rings (SSSR count). The van der Waals surface area contributed by atoms with E-state index in [1.54, 1.807) is 48.5 Å². The molecule has 2 N–H and O–H groups in total. The molecule has 36 heavy (non-hydrogen) atoms. The number of benzene rings is 3. The third-order valence-electron chi connectivity index (χ3n) is 5.50. The summed E-state index contributed by atoms with van der Waals surface area (Å²) in [6.07, 6.45) is 0. The summed E-state index contributed by atoms with van der Waals surface area (Å²) in [6, 6.07) is 16.3. The van der Waals surface area contributed by atoms with E-state index in [4.69, 9.17) is 32.7 Å². The fourth-order valence-electron chi connectivity index (χ4n) is 3.52. The van der Waals surface area contributed by atoms with Crippen molar-refractivity contribution in [2.24, 2.45) is 0 Å². The fourth-order valence-corrected chi connectivity index (χ4v) is 3.92. The second-order valence-electron chi connectivity index (χ2n) is 7.79. The number of amides is 3. The summed E-state index contributed by atoms with van der Waals surface area (Å²) in [7, 11) is 2.91. The minimum absolute atomic E-state index is 0.0916. The zero-order chi connectivity index (χ0) is 26.0. The number of rotatable bonds is 7. The lowest BCUT2D eigenvalue weighted by molar-refractivity contribution is -0.120. The van der Waals surface area contributed by atoms with Crippen LogP contribution in [0.25, 0.3) is 0 Å². The summed E-state index contributed by atoms with van der Waals surface area (Å²) in [5.74, 6) is -0.899. The Labute approximate surface area is 217 Å². The van der Waals surface area contributed by atoms with Gasteiger partial charge in [-0.05, 0) is 61.0 Å². The van der Waals surface area contributed by atoms with Crippen molar-refractivity contribution in [3.8, 4) is 11.5 Å². The van der Waals surface area contributed by atoms with Gasteiger partial charge in [-0.25, -0.2) is 4.90 Å². The Morgan fingerprint density at radius 1 is 0.861 bits per heavy atom. The molecule has 3 amide bonds. The topological polar surface area (TPSA) is 97.0 Å². The number of imide groups is 1. The van der Waals surface area contributed by atoms with E-state index in [2.05, 4.69) is 10.6 Å². The molecule has 0 fully saturated rings. The van der Waals surface area contributed by atoms with E-state index in [1.807, 2.05) is 13.0 Å². The molecule has 3 aromatic carbocycles. The van der Waals surface area contributed by atoms with Gasteiger partial charge in [0.15, 0.2) is 0 Å². The van der Waals surface area contributed by atoms with E-state index >= 15 is 0 Å². The van der Waals surface area contributed by atoms with Crippen molar-refractivity contribution in [1.82, 2.24) is 0 Å². The zero-order valence-electron chi connectivity index (χ0n) is 19.5. The van der Waals surface area contributed by atoms with Crippen LogP contribution in [0.2, 0.25) is 5.02 Å². The van der Waals surface area contributed by atoms with Crippen molar-refractivity contribution in [1.29, 1.82) is 0 Å². The van der Waals surface area contributed by atoms with Gasteiger partial charge in [0.2, 0.25) is 0 Å². The normalized spacial score (nSPS) is 13.2. The summed E-state index contributed by atoms with van der Waals surface area (Å²) >= 11 is 12.3.